The van der Waals surface area contributed by atoms with Crippen molar-refractivity contribution in [3.8, 4) is 0 Å². The molecule has 0 N–H and O–H groups in total. The highest BCUT2D eigenvalue weighted by molar-refractivity contribution is 7.48. The molecule has 136 valence electrons. The van der Waals surface area contributed by atoms with Crippen LogP contribution in [0, 0.1) is 0 Å². The smallest absolute Gasteiger partial charge is 0.287 e. The van der Waals surface area contributed by atoms with E-state index in [1.54, 1.807) is 13.8 Å². The van der Waals surface area contributed by atoms with Crippen LogP contribution in [0.25, 0.3) is 0 Å². The molecule has 0 saturated heterocycles. The Kier molecular flexibility index (Phi) is 8.48. The highest BCUT2D eigenvalue weighted by atomic mass is 31.2. The fraction of sp³-hybridized carbons (Fsp3) is 0.684. The molecule has 5 heteroatoms. The molecule has 0 bridgehead atoms. The van der Waals surface area contributed by atoms with Gasteiger partial charge < -0.3 is 0 Å². The van der Waals surface area contributed by atoms with E-state index >= 15 is 0 Å². The van der Waals surface area contributed by atoms with E-state index in [1.165, 1.54) is 43.2 Å². The first-order valence-electron chi connectivity index (χ1n) is 9.29. The molecule has 1 aromatic carbocycles. The number of hydrogen-bond donors (Lipinski definition) is 0. The Bertz CT molecular complexity index is 499. The summed E-state index contributed by atoms with van der Waals surface area (Å²) in [7, 11) is -3.37. The fourth-order valence-corrected chi connectivity index (χ4v) is 4.48. The highest BCUT2D eigenvalue weighted by Gasteiger charge is 2.24. The zero-order chi connectivity index (χ0) is 17.3. The summed E-state index contributed by atoms with van der Waals surface area (Å²) in [5.74, 6) is 0.749. The van der Waals surface area contributed by atoms with Gasteiger partial charge in [-0.05, 0) is 56.6 Å². The standard InChI is InChI=1S/C19H31O4P/c1-3-21-24(20,22-4-2)23-16-8-9-17-12-14-19(15-13-17)18-10-6-5-7-11-18/h12-15,18H,3-11,16H2,1-2H3. The van der Waals surface area contributed by atoms with E-state index in [0.717, 1.165) is 18.8 Å². The third kappa shape index (κ3) is 6.33. The lowest BCUT2D eigenvalue weighted by molar-refractivity contribution is 0.120. The maximum absolute atomic E-state index is 12.2. The van der Waals surface area contributed by atoms with Gasteiger partial charge in [-0.3, -0.25) is 13.6 Å². The summed E-state index contributed by atoms with van der Waals surface area (Å²) in [5.41, 5.74) is 2.77. The quantitative estimate of drug-likeness (QED) is 0.390. The van der Waals surface area contributed by atoms with Crippen LogP contribution in [0.3, 0.4) is 0 Å². The van der Waals surface area contributed by atoms with Crippen LogP contribution in [0.5, 0.6) is 0 Å². The fourth-order valence-electron chi connectivity index (χ4n) is 3.27. The largest absolute Gasteiger partial charge is 0.474 e. The van der Waals surface area contributed by atoms with E-state index in [-0.39, 0.29) is 0 Å². The Morgan fingerprint density at radius 2 is 1.58 bits per heavy atom. The van der Waals surface area contributed by atoms with Crippen LogP contribution in [0.1, 0.15) is 69.4 Å². The number of phosphoric ester groups is 1. The van der Waals surface area contributed by atoms with Crippen molar-refractivity contribution in [2.45, 2.75) is 64.7 Å². The molecule has 0 aromatic heterocycles. The summed E-state index contributed by atoms with van der Waals surface area (Å²) in [4.78, 5) is 0. The van der Waals surface area contributed by atoms with Crippen LogP contribution < -0.4 is 0 Å². The molecule has 0 unspecified atom stereocenters. The Hall–Kier alpha value is -0.670. The summed E-state index contributed by atoms with van der Waals surface area (Å²) in [6.45, 7) is 4.58. The molecule has 1 aliphatic carbocycles. The molecular formula is C19H31O4P. The second-order valence-corrected chi connectivity index (χ2v) is 7.97. The highest BCUT2D eigenvalue weighted by Crippen LogP contribution is 2.49. The van der Waals surface area contributed by atoms with Crippen LogP contribution >= 0.6 is 7.82 Å². The molecule has 0 radical (unpaired) electrons. The lowest BCUT2D eigenvalue weighted by Gasteiger charge is -2.22. The van der Waals surface area contributed by atoms with Gasteiger partial charge in [0.15, 0.2) is 0 Å². The first-order chi connectivity index (χ1) is 11.7. The minimum atomic E-state index is -3.37. The molecular weight excluding hydrogens is 323 g/mol. The second kappa shape index (κ2) is 10.4. The predicted octanol–water partition coefficient (Wildman–Crippen LogP) is 5.86. The van der Waals surface area contributed by atoms with E-state index in [4.69, 9.17) is 13.6 Å². The van der Waals surface area contributed by atoms with Crippen molar-refractivity contribution in [3.05, 3.63) is 35.4 Å². The monoisotopic (exact) mass is 354 g/mol. The molecule has 0 heterocycles. The van der Waals surface area contributed by atoms with Crippen molar-refractivity contribution >= 4 is 7.82 Å². The van der Waals surface area contributed by atoms with Gasteiger partial charge in [-0.2, -0.15) is 0 Å². The molecule has 0 aliphatic heterocycles. The topological polar surface area (TPSA) is 44.8 Å². The van der Waals surface area contributed by atoms with E-state index in [9.17, 15) is 4.57 Å². The molecule has 1 saturated carbocycles. The van der Waals surface area contributed by atoms with Gasteiger partial charge in [-0.25, -0.2) is 4.57 Å². The number of phosphoric acid groups is 1. The molecule has 24 heavy (non-hydrogen) atoms. The first-order valence-corrected chi connectivity index (χ1v) is 10.8. The van der Waals surface area contributed by atoms with E-state index in [2.05, 4.69) is 24.3 Å². The third-order valence-electron chi connectivity index (χ3n) is 4.49. The summed E-state index contributed by atoms with van der Waals surface area (Å²) >= 11 is 0. The molecule has 0 amide bonds. The molecule has 4 nitrogen and oxygen atoms in total. The summed E-state index contributed by atoms with van der Waals surface area (Å²) in [5, 5.41) is 0. The summed E-state index contributed by atoms with van der Waals surface area (Å²) in [6.07, 6.45) is 8.49. The van der Waals surface area contributed by atoms with Crippen LogP contribution in [0.2, 0.25) is 0 Å². The lowest BCUT2D eigenvalue weighted by Crippen LogP contribution is -2.04. The normalized spacial score (nSPS) is 16.4. The van der Waals surface area contributed by atoms with Crippen LogP contribution in [-0.4, -0.2) is 19.8 Å². The number of rotatable bonds is 10. The van der Waals surface area contributed by atoms with Gasteiger partial charge in [0.25, 0.3) is 0 Å². The molecule has 1 aromatic rings. The Morgan fingerprint density at radius 1 is 0.958 bits per heavy atom. The SMILES string of the molecule is CCOP(=O)(OCC)OCCCc1ccc(C2CCCCC2)cc1. The van der Waals surface area contributed by atoms with Gasteiger partial charge in [0.05, 0.1) is 19.8 Å². The Balaban J connectivity index is 1.75. The zero-order valence-electron chi connectivity index (χ0n) is 15.0. The number of aryl methyl sites for hydroxylation is 1. The molecule has 0 spiro atoms. The average Bonchev–Trinajstić information content (AvgIpc) is 2.61. The zero-order valence-corrected chi connectivity index (χ0v) is 15.9. The van der Waals surface area contributed by atoms with E-state index in [0.29, 0.717) is 19.8 Å². The van der Waals surface area contributed by atoms with Crippen LogP contribution in [0.4, 0.5) is 0 Å². The maximum Gasteiger partial charge on any atom is 0.474 e. The lowest BCUT2D eigenvalue weighted by atomic mass is 9.84. The summed E-state index contributed by atoms with van der Waals surface area (Å²) in [6, 6.07) is 8.98. The van der Waals surface area contributed by atoms with Crippen molar-refractivity contribution in [1.82, 2.24) is 0 Å². The van der Waals surface area contributed by atoms with Gasteiger partial charge in [-0.1, -0.05) is 43.5 Å². The van der Waals surface area contributed by atoms with E-state index in [1.807, 2.05) is 0 Å². The third-order valence-corrected chi connectivity index (χ3v) is 6.14. The maximum atomic E-state index is 12.2. The molecule has 1 fully saturated rings. The molecule has 2 rings (SSSR count). The molecule has 1 aliphatic rings. The van der Waals surface area contributed by atoms with Crippen molar-refractivity contribution in [3.63, 3.8) is 0 Å². The Morgan fingerprint density at radius 3 is 2.17 bits per heavy atom. The number of hydrogen-bond acceptors (Lipinski definition) is 4. The number of benzene rings is 1. The van der Waals surface area contributed by atoms with E-state index < -0.39 is 7.82 Å². The summed E-state index contributed by atoms with van der Waals surface area (Å²) < 4.78 is 27.8. The molecule has 0 atom stereocenters. The van der Waals surface area contributed by atoms with Gasteiger partial charge >= 0.3 is 7.82 Å². The van der Waals surface area contributed by atoms with Crippen LogP contribution in [-0.2, 0) is 24.6 Å². The van der Waals surface area contributed by atoms with Crippen molar-refractivity contribution in [1.29, 1.82) is 0 Å². The minimum absolute atomic E-state index is 0.319. The van der Waals surface area contributed by atoms with Gasteiger partial charge in [-0.15, -0.1) is 0 Å². The van der Waals surface area contributed by atoms with Crippen LogP contribution in [0.15, 0.2) is 24.3 Å². The second-order valence-electron chi connectivity index (χ2n) is 6.30. The first kappa shape index (κ1) is 19.7. The van der Waals surface area contributed by atoms with Crippen molar-refractivity contribution < 1.29 is 18.1 Å². The van der Waals surface area contributed by atoms with Gasteiger partial charge in [0.1, 0.15) is 0 Å². The minimum Gasteiger partial charge on any atom is -0.287 e. The average molecular weight is 354 g/mol. The predicted molar refractivity (Wildman–Crippen MR) is 97.4 cm³/mol. The van der Waals surface area contributed by atoms with Crippen molar-refractivity contribution in [2.75, 3.05) is 19.8 Å². The van der Waals surface area contributed by atoms with Gasteiger partial charge in [0.2, 0.25) is 0 Å². The Labute approximate surface area is 146 Å². The van der Waals surface area contributed by atoms with Gasteiger partial charge in [0, 0.05) is 0 Å². The van der Waals surface area contributed by atoms with Crippen molar-refractivity contribution in [2.24, 2.45) is 0 Å².